The Morgan fingerprint density at radius 1 is 0.467 bits per heavy atom. The second-order valence-corrected chi connectivity index (χ2v) is 11.8. The first-order valence-corrected chi connectivity index (χ1v) is 14.6. The van der Waals surface area contributed by atoms with Crippen molar-refractivity contribution in [3.63, 3.8) is 0 Å². The van der Waals surface area contributed by atoms with Crippen molar-refractivity contribution in [3.8, 4) is 0 Å². The molecule has 0 atom stereocenters. The van der Waals surface area contributed by atoms with Crippen LogP contribution in [-0.4, -0.2) is 39.6 Å². The van der Waals surface area contributed by atoms with Crippen LogP contribution < -0.4 is 15.9 Å². The highest BCUT2D eigenvalue weighted by Gasteiger charge is 2.37. The van der Waals surface area contributed by atoms with Gasteiger partial charge in [-0.25, -0.2) is 0 Å². The van der Waals surface area contributed by atoms with Gasteiger partial charge in [0.15, 0.2) is 0 Å². The zero-order chi connectivity index (χ0) is 22.8. The molecule has 0 aliphatic heterocycles. The number of hydrogen-bond donors (Lipinski definition) is 0. The highest BCUT2D eigenvalue weighted by Crippen LogP contribution is 2.52. The van der Waals surface area contributed by atoms with Crippen molar-refractivity contribution in [1.82, 2.24) is 0 Å². The summed E-state index contributed by atoms with van der Waals surface area (Å²) in [6.45, 7) is 10.7. The van der Waals surface area contributed by atoms with Crippen LogP contribution in [0.2, 0.25) is 0 Å². The van der Waals surface area contributed by atoms with E-state index in [0.717, 1.165) is 0 Å². The minimum Gasteiger partial charge on any atom is -0.305 e. The summed E-state index contributed by atoms with van der Waals surface area (Å²) in [5.41, 5.74) is 0. The first kappa shape index (κ1) is 27.7. The van der Waals surface area contributed by atoms with E-state index in [0.29, 0.717) is 0 Å². The van der Waals surface area contributed by atoms with Crippen LogP contribution in [-0.2, 0) is 40.8 Å². The van der Waals surface area contributed by atoms with E-state index in [1.807, 2.05) is 0 Å². The Labute approximate surface area is 179 Å². The minimum absolute atomic E-state index is 0.0676. The quantitative estimate of drug-likeness (QED) is 0.334. The van der Waals surface area contributed by atoms with Crippen LogP contribution in [0.4, 0.5) is 0 Å². The van der Waals surface area contributed by atoms with E-state index < -0.39 is 22.8 Å². The van der Waals surface area contributed by atoms with Gasteiger partial charge in [-0.2, -0.15) is 0 Å². The Hall–Kier alpha value is -0.330. The fourth-order valence-electron chi connectivity index (χ4n) is 2.63. The van der Waals surface area contributed by atoms with Gasteiger partial charge in [-0.15, -0.1) is 0 Å². The summed E-state index contributed by atoms with van der Waals surface area (Å²) in [6.07, 6.45) is 0. The molecular weight excluding hydrogens is 453 g/mol. The van der Waals surface area contributed by atoms with E-state index in [2.05, 4.69) is 0 Å². The molecule has 0 amide bonds. The molecule has 1 aromatic carbocycles. The molecule has 0 saturated carbocycles. The summed E-state index contributed by atoms with van der Waals surface area (Å²) < 4.78 is 72.8. The average Bonchev–Trinajstić information content (AvgIpc) is 2.69. The SMILES string of the molecule is CCOP(=O)(OCC)c1cc(P(=O)(OCC)OCC)cc(P(=O)(OCC)OCC)c1. The van der Waals surface area contributed by atoms with E-state index in [-0.39, 0.29) is 55.6 Å². The molecule has 0 aromatic heterocycles. The van der Waals surface area contributed by atoms with Crippen LogP contribution >= 0.6 is 22.8 Å². The predicted octanol–water partition coefficient (Wildman–Crippen LogP) is 4.36. The second kappa shape index (κ2) is 12.6. The lowest BCUT2D eigenvalue weighted by atomic mass is 10.4. The van der Waals surface area contributed by atoms with Gasteiger partial charge in [0.05, 0.1) is 55.6 Å². The van der Waals surface area contributed by atoms with E-state index in [1.54, 1.807) is 41.5 Å². The van der Waals surface area contributed by atoms with Gasteiger partial charge < -0.3 is 27.1 Å². The molecule has 0 radical (unpaired) electrons. The van der Waals surface area contributed by atoms with Crippen LogP contribution in [0.3, 0.4) is 0 Å². The topological polar surface area (TPSA) is 107 Å². The summed E-state index contributed by atoms with van der Waals surface area (Å²) in [5.74, 6) is 0. The third-order valence-corrected chi connectivity index (χ3v) is 9.89. The zero-order valence-corrected chi connectivity index (χ0v) is 21.2. The number of hydrogen-bond acceptors (Lipinski definition) is 9. The molecule has 0 N–H and O–H groups in total. The monoisotopic (exact) mass is 486 g/mol. The third-order valence-electron chi connectivity index (χ3n) is 3.63. The highest BCUT2D eigenvalue weighted by atomic mass is 31.2. The summed E-state index contributed by atoms with van der Waals surface area (Å²) in [5, 5.41) is 0.203. The Morgan fingerprint density at radius 2 is 0.633 bits per heavy atom. The van der Waals surface area contributed by atoms with Crippen LogP contribution in [0.25, 0.3) is 0 Å². The van der Waals surface area contributed by atoms with Gasteiger partial charge in [-0.1, -0.05) is 0 Å². The van der Waals surface area contributed by atoms with Gasteiger partial charge in [0.1, 0.15) is 0 Å². The van der Waals surface area contributed by atoms with E-state index in [9.17, 15) is 13.7 Å². The molecule has 0 spiro atoms. The fraction of sp³-hybridized carbons (Fsp3) is 0.667. The zero-order valence-electron chi connectivity index (χ0n) is 18.5. The van der Waals surface area contributed by atoms with Crippen molar-refractivity contribution < 1.29 is 40.8 Å². The van der Waals surface area contributed by atoms with Crippen LogP contribution in [0.1, 0.15) is 41.5 Å². The molecule has 0 heterocycles. The van der Waals surface area contributed by atoms with Gasteiger partial charge in [0.25, 0.3) is 0 Å². The molecule has 1 aromatic rings. The maximum absolute atomic E-state index is 13.4. The molecule has 1 rings (SSSR count). The minimum atomic E-state index is -3.80. The first-order valence-electron chi connectivity index (χ1n) is 10.0. The largest absolute Gasteiger partial charge is 0.361 e. The van der Waals surface area contributed by atoms with Crippen molar-refractivity contribution in [2.24, 2.45) is 0 Å². The van der Waals surface area contributed by atoms with Gasteiger partial charge in [-0.05, 0) is 59.7 Å². The van der Waals surface area contributed by atoms with Crippen LogP contribution in [0.15, 0.2) is 18.2 Å². The molecule has 0 saturated heterocycles. The summed E-state index contributed by atoms with van der Waals surface area (Å²) >= 11 is 0. The lowest BCUT2D eigenvalue weighted by molar-refractivity contribution is 0.230. The van der Waals surface area contributed by atoms with Gasteiger partial charge in [0, 0.05) is 0 Å². The van der Waals surface area contributed by atoms with E-state index in [4.69, 9.17) is 27.1 Å². The van der Waals surface area contributed by atoms with Crippen molar-refractivity contribution >= 4 is 38.7 Å². The van der Waals surface area contributed by atoms with Crippen LogP contribution in [0, 0.1) is 0 Å². The average molecular weight is 486 g/mol. The third kappa shape index (κ3) is 6.83. The Balaban J connectivity index is 3.84. The van der Waals surface area contributed by atoms with Crippen LogP contribution in [0.5, 0.6) is 0 Å². The summed E-state index contributed by atoms with van der Waals surface area (Å²) in [6, 6.07) is 4.14. The first-order chi connectivity index (χ1) is 14.2. The highest BCUT2D eigenvalue weighted by molar-refractivity contribution is 7.65. The number of rotatable bonds is 15. The van der Waals surface area contributed by atoms with E-state index in [1.165, 1.54) is 18.2 Å². The molecule has 0 unspecified atom stereocenters. The van der Waals surface area contributed by atoms with Gasteiger partial charge in [0.2, 0.25) is 0 Å². The lowest BCUT2D eigenvalue weighted by Crippen LogP contribution is -2.26. The second-order valence-electron chi connectivity index (χ2n) is 5.71. The Kier molecular flexibility index (Phi) is 11.7. The van der Waals surface area contributed by atoms with E-state index >= 15 is 0 Å². The molecule has 0 aliphatic rings. The Morgan fingerprint density at radius 3 is 0.767 bits per heavy atom. The molecular formula is C18H33O9P3. The summed E-state index contributed by atoms with van der Waals surface area (Å²) in [4.78, 5) is 0. The normalized spacial score (nSPS) is 13.0. The standard InChI is InChI=1S/C18H33O9P3/c1-7-22-28(19,23-8-2)16-13-17(29(20,24-9-3)25-10-4)15-18(14-16)30(21,26-11-5)27-12-6/h13-15H,7-12H2,1-6H3. The smallest absolute Gasteiger partial charge is 0.305 e. The number of benzene rings is 1. The molecule has 0 fully saturated rings. The van der Waals surface area contributed by atoms with Crippen molar-refractivity contribution in [2.75, 3.05) is 39.6 Å². The molecule has 0 aliphatic carbocycles. The maximum Gasteiger partial charge on any atom is 0.361 e. The predicted molar refractivity (Wildman–Crippen MR) is 118 cm³/mol. The fourth-order valence-corrected chi connectivity index (χ4v) is 7.88. The lowest BCUT2D eigenvalue weighted by Gasteiger charge is -2.24. The van der Waals surface area contributed by atoms with Crippen molar-refractivity contribution in [3.05, 3.63) is 18.2 Å². The molecule has 0 bridgehead atoms. The summed E-state index contributed by atoms with van der Waals surface area (Å²) in [7, 11) is -11.4. The van der Waals surface area contributed by atoms with Crippen molar-refractivity contribution in [2.45, 2.75) is 41.5 Å². The Bertz CT molecular complexity index is 665. The van der Waals surface area contributed by atoms with Gasteiger partial charge in [-0.3, -0.25) is 13.7 Å². The van der Waals surface area contributed by atoms with Gasteiger partial charge >= 0.3 is 22.8 Å². The molecule has 30 heavy (non-hydrogen) atoms. The van der Waals surface area contributed by atoms with Crippen molar-refractivity contribution in [1.29, 1.82) is 0 Å². The molecule has 9 nitrogen and oxygen atoms in total. The maximum atomic E-state index is 13.4. The molecule has 174 valence electrons. The molecule has 12 heteroatoms.